The Kier molecular flexibility index (Phi) is 6.68. The lowest BCUT2D eigenvalue weighted by molar-refractivity contribution is -0.122. The van der Waals surface area contributed by atoms with Gasteiger partial charge in [-0.3, -0.25) is 9.59 Å². The molecule has 0 spiro atoms. The first-order chi connectivity index (χ1) is 16.7. The third kappa shape index (κ3) is 4.80. The zero-order valence-electron chi connectivity index (χ0n) is 20.8. The van der Waals surface area contributed by atoms with E-state index in [1.165, 1.54) is 21.3 Å². The Bertz CT molecular complexity index is 1240. The highest BCUT2D eigenvalue weighted by atomic mass is 16.5. The van der Waals surface area contributed by atoms with Gasteiger partial charge >= 0.3 is 0 Å². The van der Waals surface area contributed by atoms with Crippen molar-refractivity contribution in [1.29, 1.82) is 0 Å². The van der Waals surface area contributed by atoms with Gasteiger partial charge < -0.3 is 24.4 Å². The van der Waals surface area contributed by atoms with E-state index in [0.717, 1.165) is 22.5 Å². The van der Waals surface area contributed by atoms with E-state index in [0.29, 0.717) is 28.8 Å². The van der Waals surface area contributed by atoms with Gasteiger partial charge in [0.15, 0.2) is 11.5 Å². The fourth-order valence-electron chi connectivity index (χ4n) is 4.44. The van der Waals surface area contributed by atoms with Crippen molar-refractivity contribution in [1.82, 2.24) is 9.78 Å². The van der Waals surface area contributed by atoms with Gasteiger partial charge in [-0.05, 0) is 44.0 Å². The summed E-state index contributed by atoms with van der Waals surface area (Å²) in [7, 11) is 4.56. The van der Waals surface area contributed by atoms with Crippen LogP contribution in [0.2, 0.25) is 0 Å². The molecule has 3 aromatic rings. The summed E-state index contributed by atoms with van der Waals surface area (Å²) in [6, 6.07) is 11.3. The molecule has 0 bridgehead atoms. The van der Waals surface area contributed by atoms with Crippen LogP contribution in [0.1, 0.15) is 23.2 Å². The molecule has 1 fully saturated rings. The zero-order chi connectivity index (χ0) is 25.3. The van der Waals surface area contributed by atoms with Gasteiger partial charge in [-0.25, -0.2) is 4.68 Å². The molecule has 2 amide bonds. The minimum atomic E-state index is -0.524. The second-order valence-corrected chi connectivity index (χ2v) is 8.71. The average molecular weight is 479 g/mol. The van der Waals surface area contributed by atoms with Crippen molar-refractivity contribution in [3.63, 3.8) is 0 Å². The highest BCUT2D eigenvalue weighted by Crippen LogP contribution is 2.42. The molecule has 1 unspecified atom stereocenters. The number of carbonyl (C=O) groups excluding carboxylic acids is 2. The number of anilines is 2. The largest absolute Gasteiger partial charge is 0.493 e. The van der Waals surface area contributed by atoms with E-state index in [1.54, 1.807) is 21.7 Å². The smallest absolute Gasteiger partial charge is 0.230 e. The molecular formula is C26H30N4O5. The van der Waals surface area contributed by atoms with Crippen molar-refractivity contribution in [2.24, 2.45) is 5.92 Å². The van der Waals surface area contributed by atoms with Crippen LogP contribution in [0.5, 0.6) is 17.2 Å². The first kappa shape index (κ1) is 24.1. The van der Waals surface area contributed by atoms with Gasteiger partial charge in [0.1, 0.15) is 5.82 Å². The Balaban J connectivity index is 1.56. The lowest BCUT2D eigenvalue weighted by Crippen LogP contribution is -2.28. The van der Waals surface area contributed by atoms with E-state index >= 15 is 0 Å². The molecule has 1 aliphatic heterocycles. The number of amides is 2. The van der Waals surface area contributed by atoms with Gasteiger partial charge in [-0.1, -0.05) is 6.07 Å². The quantitative estimate of drug-likeness (QED) is 0.555. The maximum atomic E-state index is 13.2. The van der Waals surface area contributed by atoms with Crippen molar-refractivity contribution in [3.05, 3.63) is 53.2 Å². The Labute approximate surface area is 204 Å². The van der Waals surface area contributed by atoms with E-state index in [1.807, 2.05) is 39.0 Å². The molecule has 4 rings (SSSR count). The van der Waals surface area contributed by atoms with E-state index in [9.17, 15) is 9.59 Å². The van der Waals surface area contributed by atoms with Crippen molar-refractivity contribution in [2.45, 2.75) is 27.2 Å². The van der Waals surface area contributed by atoms with Crippen LogP contribution in [0, 0.1) is 26.7 Å². The Morgan fingerprint density at radius 2 is 1.54 bits per heavy atom. The number of aromatic nitrogens is 2. The summed E-state index contributed by atoms with van der Waals surface area (Å²) in [6.45, 7) is 6.15. The summed E-state index contributed by atoms with van der Waals surface area (Å²) in [4.78, 5) is 27.7. The molecule has 2 aromatic carbocycles. The van der Waals surface area contributed by atoms with E-state index in [2.05, 4.69) is 16.5 Å². The number of nitrogens with one attached hydrogen (secondary N) is 1. The van der Waals surface area contributed by atoms with E-state index < -0.39 is 5.92 Å². The lowest BCUT2D eigenvalue weighted by atomic mass is 10.1. The van der Waals surface area contributed by atoms with Crippen molar-refractivity contribution < 1.29 is 23.8 Å². The van der Waals surface area contributed by atoms with Crippen LogP contribution < -0.4 is 24.4 Å². The molecule has 35 heavy (non-hydrogen) atoms. The molecule has 1 aliphatic rings. The average Bonchev–Trinajstić information content (AvgIpc) is 3.39. The molecule has 2 heterocycles. The summed E-state index contributed by atoms with van der Waals surface area (Å²) in [6.07, 6.45) is 0.0964. The number of nitrogens with zero attached hydrogens (tertiary/aromatic N) is 3. The summed E-state index contributed by atoms with van der Waals surface area (Å²) in [5.74, 6) is 0.971. The zero-order valence-corrected chi connectivity index (χ0v) is 20.8. The van der Waals surface area contributed by atoms with E-state index in [4.69, 9.17) is 14.2 Å². The summed E-state index contributed by atoms with van der Waals surface area (Å²) < 4.78 is 17.9. The van der Waals surface area contributed by atoms with Gasteiger partial charge in [-0.2, -0.15) is 5.10 Å². The molecule has 0 saturated carbocycles. The van der Waals surface area contributed by atoms with Crippen LogP contribution >= 0.6 is 0 Å². The van der Waals surface area contributed by atoms with Crippen molar-refractivity contribution in [3.8, 4) is 22.9 Å². The summed E-state index contributed by atoms with van der Waals surface area (Å²) in [5, 5.41) is 7.54. The standard InChI is InChI=1S/C26H30N4O5/c1-15-7-16(2)9-20(8-15)30-23(10-17(3)28-30)27-26(32)18-11-24(31)29(14-18)19-12-21(33-4)25(35-6)22(13-19)34-5/h7-10,12-13,18H,11,14H2,1-6H3,(H,27,32). The van der Waals surface area contributed by atoms with Crippen molar-refractivity contribution in [2.75, 3.05) is 38.1 Å². The topological polar surface area (TPSA) is 94.9 Å². The van der Waals surface area contributed by atoms with E-state index in [-0.39, 0.29) is 24.8 Å². The number of aryl methyl sites for hydroxylation is 3. The number of ether oxygens (including phenoxy) is 3. The molecule has 184 valence electrons. The predicted octanol–water partition coefficient (Wildman–Crippen LogP) is 3.81. The van der Waals surface area contributed by atoms with Crippen LogP contribution in [-0.2, 0) is 9.59 Å². The second-order valence-electron chi connectivity index (χ2n) is 8.71. The molecule has 1 atom stereocenters. The fourth-order valence-corrected chi connectivity index (χ4v) is 4.44. The molecule has 0 radical (unpaired) electrons. The normalized spacial score (nSPS) is 15.3. The van der Waals surface area contributed by atoms with Crippen LogP contribution in [0.25, 0.3) is 5.69 Å². The first-order valence-electron chi connectivity index (χ1n) is 11.3. The van der Waals surface area contributed by atoms with Gasteiger partial charge in [0, 0.05) is 31.2 Å². The first-order valence-corrected chi connectivity index (χ1v) is 11.3. The second kappa shape index (κ2) is 9.69. The number of rotatable bonds is 7. The number of carbonyl (C=O) groups is 2. The number of benzene rings is 2. The molecular weight excluding hydrogens is 448 g/mol. The number of hydrogen-bond acceptors (Lipinski definition) is 6. The van der Waals surface area contributed by atoms with Crippen LogP contribution in [0.4, 0.5) is 11.5 Å². The lowest BCUT2D eigenvalue weighted by Gasteiger charge is -2.20. The van der Waals surface area contributed by atoms with Gasteiger partial charge in [0.25, 0.3) is 0 Å². The monoisotopic (exact) mass is 478 g/mol. The van der Waals surface area contributed by atoms with Gasteiger partial charge in [0.2, 0.25) is 17.6 Å². The summed E-state index contributed by atoms with van der Waals surface area (Å²) >= 11 is 0. The molecule has 9 heteroatoms. The maximum absolute atomic E-state index is 13.2. The highest BCUT2D eigenvalue weighted by Gasteiger charge is 2.36. The number of hydrogen-bond donors (Lipinski definition) is 1. The van der Waals surface area contributed by atoms with Gasteiger partial charge in [-0.15, -0.1) is 0 Å². The highest BCUT2D eigenvalue weighted by molar-refractivity contribution is 6.03. The summed E-state index contributed by atoms with van der Waals surface area (Å²) in [5.41, 5.74) is 4.44. The number of methoxy groups -OCH3 is 3. The molecule has 9 nitrogen and oxygen atoms in total. The SMILES string of the molecule is COc1cc(N2CC(C(=O)Nc3cc(C)nn3-c3cc(C)cc(C)c3)CC2=O)cc(OC)c1OC. The van der Waals surface area contributed by atoms with Gasteiger partial charge in [0.05, 0.1) is 44.3 Å². The Hall–Kier alpha value is -4.01. The van der Waals surface area contributed by atoms with Crippen LogP contribution in [-0.4, -0.2) is 49.5 Å². The molecule has 1 saturated heterocycles. The van der Waals surface area contributed by atoms with Crippen molar-refractivity contribution >= 4 is 23.3 Å². The molecule has 1 N–H and O–H groups in total. The van der Waals surface area contributed by atoms with Crippen LogP contribution in [0.3, 0.4) is 0 Å². The third-order valence-electron chi connectivity index (χ3n) is 5.99. The molecule has 1 aromatic heterocycles. The minimum absolute atomic E-state index is 0.0964. The minimum Gasteiger partial charge on any atom is -0.493 e. The third-order valence-corrected chi connectivity index (χ3v) is 5.99. The van der Waals surface area contributed by atoms with Crippen LogP contribution in [0.15, 0.2) is 36.4 Å². The Morgan fingerprint density at radius 1 is 0.914 bits per heavy atom. The fraction of sp³-hybridized carbons (Fsp3) is 0.346. The maximum Gasteiger partial charge on any atom is 0.230 e. The molecule has 0 aliphatic carbocycles. The predicted molar refractivity (Wildman–Crippen MR) is 133 cm³/mol. The Morgan fingerprint density at radius 3 is 2.11 bits per heavy atom.